The summed E-state index contributed by atoms with van der Waals surface area (Å²) in [5.41, 5.74) is 2.35. The number of hydrogen-bond acceptors (Lipinski definition) is 0. The Kier molecular flexibility index (Phi) is 2.49. The fraction of sp³-hybridized carbons (Fsp3) is 0.111. The van der Waals surface area contributed by atoms with Gasteiger partial charge in [0.1, 0.15) is 0 Å². The fourth-order valence-corrected chi connectivity index (χ4v) is 1.30. The van der Waals surface area contributed by atoms with E-state index in [0.717, 1.165) is 5.57 Å². The Balaban J connectivity index is 3.07. The van der Waals surface area contributed by atoms with Crippen LogP contribution in [0.25, 0.3) is 5.57 Å². The van der Waals surface area contributed by atoms with Gasteiger partial charge >= 0.3 is 0 Å². The molecule has 0 bridgehead atoms. The summed E-state index contributed by atoms with van der Waals surface area (Å²) in [6, 6.07) is 8.33. The van der Waals surface area contributed by atoms with Crippen LogP contribution in [0.3, 0.4) is 0 Å². The first-order valence-corrected chi connectivity index (χ1v) is 4.19. The normalized spacial score (nSPS) is 9.40. The molecule has 0 fully saturated rings. The van der Waals surface area contributed by atoms with Gasteiger partial charge in [-0.15, -0.1) is 0 Å². The van der Waals surface area contributed by atoms with Gasteiger partial charge in [0.25, 0.3) is 0 Å². The predicted molar refractivity (Wildman–Crippen MR) is 53.9 cm³/mol. The largest absolute Gasteiger partial charge is 0.0955 e. The minimum absolute atomic E-state index is 1.12. The average molecular weight is 244 g/mol. The molecule has 1 heteroatoms. The van der Waals surface area contributed by atoms with Crippen molar-refractivity contribution < 1.29 is 0 Å². The number of halogens is 1. The van der Waals surface area contributed by atoms with Crippen molar-refractivity contribution in [2.45, 2.75) is 6.92 Å². The van der Waals surface area contributed by atoms with Crippen molar-refractivity contribution >= 4 is 28.2 Å². The maximum absolute atomic E-state index is 3.86. The zero-order valence-electron chi connectivity index (χ0n) is 5.89. The first-order valence-electron chi connectivity index (χ1n) is 3.11. The van der Waals surface area contributed by atoms with Crippen molar-refractivity contribution in [3.63, 3.8) is 0 Å². The van der Waals surface area contributed by atoms with Crippen molar-refractivity contribution in [3.05, 3.63) is 40.0 Å². The molecule has 1 aromatic carbocycles. The summed E-state index contributed by atoms with van der Waals surface area (Å²) in [7, 11) is 0. The van der Waals surface area contributed by atoms with Crippen LogP contribution in [0.4, 0.5) is 0 Å². The Labute approximate surface area is 75.1 Å². The van der Waals surface area contributed by atoms with Crippen LogP contribution in [0.2, 0.25) is 0 Å². The van der Waals surface area contributed by atoms with E-state index in [1.165, 1.54) is 9.13 Å². The standard InChI is InChI=1S/C9H9I/c1-7(2)8-4-3-5-9(10)6-8/h3-6H,1H2,2H3. The number of allylic oxidation sites excluding steroid dienone is 1. The van der Waals surface area contributed by atoms with Crippen molar-refractivity contribution in [2.24, 2.45) is 0 Å². The van der Waals surface area contributed by atoms with Gasteiger partial charge in [-0.05, 0) is 47.2 Å². The lowest BCUT2D eigenvalue weighted by molar-refractivity contribution is 1.55. The smallest absolute Gasteiger partial charge is 0.0136 e. The van der Waals surface area contributed by atoms with Gasteiger partial charge in [-0.2, -0.15) is 0 Å². The molecule has 0 aromatic heterocycles. The van der Waals surface area contributed by atoms with Crippen LogP contribution in [0.15, 0.2) is 30.8 Å². The predicted octanol–water partition coefficient (Wildman–Crippen LogP) is 3.32. The SMILES string of the molecule is C=C(C)c1cccc(I)c1. The third-order valence-corrected chi connectivity index (χ3v) is 1.99. The van der Waals surface area contributed by atoms with Gasteiger partial charge in [0, 0.05) is 3.57 Å². The lowest BCUT2D eigenvalue weighted by Gasteiger charge is -1.97. The molecular weight excluding hydrogens is 235 g/mol. The highest BCUT2D eigenvalue weighted by Gasteiger charge is 1.91. The summed E-state index contributed by atoms with van der Waals surface area (Å²) in [6.45, 7) is 5.88. The summed E-state index contributed by atoms with van der Waals surface area (Å²) >= 11 is 2.30. The number of benzene rings is 1. The summed E-state index contributed by atoms with van der Waals surface area (Å²) in [6.07, 6.45) is 0. The van der Waals surface area contributed by atoms with Gasteiger partial charge in [-0.25, -0.2) is 0 Å². The van der Waals surface area contributed by atoms with Gasteiger partial charge in [0.2, 0.25) is 0 Å². The van der Waals surface area contributed by atoms with Crippen LogP contribution in [0, 0.1) is 3.57 Å². The van der Waals surface area contributed by atoms with Crippen LogP contribution < -0.4 is 0 Å². The molecule has 0 aliphatic heterocycles. The van der Waals surface area contributed by atoms with Crippen LogP contribution in [0.1, 0.15) is 12.5 Å². The molecule has 0 N–H and O–H groups in total. The van der Waals surface area contributed by atoms with Crippen molar-refractivity contribution in [2.75, 3.05) is 0 Å². The zero-order valence-corrected chi connectivity index (χ0v) is 8.05. The van der Waals surface area contributed by atoms with E-state index in [2.05, 4.69) is 47.4 Å². The summed E-state index contributed by atoms with van der Waals surface area (Å²) in [5, 5.41) is 0. The van der Waals surface area contributed by atoms with Crippen molar-refractivity contribution in [3.8, 4) is 0 Å². The molecule has 10 heavy (non-hydrogen) atoms. The van der Waals surface area contributed by atoms with Gasteiger partial charge in [-0.3, -0.25) is 0 Å². The van der Waals surface area contributed by atoms with E-state index < -0.39 is 0 Å². The van der Waals surface area contributed by atoms with E-state index in [1.54, 1.807) is 0 Å². The molecule has 0 radical (unpaired) electrons. The van der Waals surface area contributed by atoms with Gasteiger partial charge < -0.3 is 0 Å². The van der Waals surface area contributed by atoms with Crippen LogP contribution in [-0.4, -0.2) is 0 Å². The Bertz CT molecular complexity index is 251. The molecule has 0 saturated heterocycles. The van der Waals surface area contributed by atoms with Crippen molar-refractivity contribution in [1.82, 2.24) is 0 Å². The van der Waals surface area contributed by atoms with E-state index in [0.29, 0.717) is 0 Å². The number of rotatable bonds is 1. The second-order valence-electron chi connectivity index (χ2n) is 2.29. The topological polar surface area (TPSA) is 0 Å². The molecule has 0 aliphatic carbocycles. The molecule has 0 aliphatic rings. The Hall–Kier alpha value is -0.310. The molecule has 0 saturated carbocycles. The first-order chi connectivity index (χ1) is 4.70. The molecule has 1 aromatic rings. The molecule has 0 nitrogen and oxygen atoms in total. The highest BCUT2D eigenvalue weighted by atomic mass is 127. The Morgan fingerprint density at radius 3 is 2.60 bits per heavy atom. The van der Waals surface area contributed by atoms with Gasteiger partial charge in [-0.1, -0.05) is 24.3 Å². The Morgan fingerprint density at radius 1 is 1.50 bits per heavy atom. The fourth-order valence-electron chi connectivity index (χ4n) is 0.754. The van der Waals surface area contributed by atoms with Crippen LogP contribution >= 0.6 is 22.6 Å². The van der Waals surface area contributed by atoms with Crippen LogP contribution in [-0.2, 0) is 0 Å². The highest BCUT2D eigenvalue weighted by molar-refractivity contribution is 14.1. The van der Waals surface area contributed by atoms with Crippen LogP contribution in [0.5, 0.6) is 0 Å². The minimum Gasteiger partial charge on any atom is -0.0955 e. The molecule has 0 amide bonds. The number of hydrogen-bond donors (Lipinski definition) is 0. The maximum atomic E-state index is 3.86. The molecule has 1 rings (SSSR count). The van der Waals surface area contributed by atoms with Crippen molar-refractivity contribution in [1.29, 1.82) is 0 Å². The Morgan fingerprint density at radius 2 is 2.20 bits per heavy atom. The van der Waals surface area contributed by atoms with E-state index in [9.17, 15) is 0 Å². The second kappa shape index (κ2) is 3.19. The summed E-state index contributed by atoms with van der Waals surface area (Å²) in [5.74, 6) is 0. The maximum Gasteiger partial charge on any atom is 0.0136 e. The van der Waals surface area contributed by atoms with E-state index in [-0.39, 0.29) is 0 Å². The van der Waals surface area contributed by atoms with E-state index >= 15 is 0 Å². The quantitative estimate of drug-likeness (QED) is 0.664. The highest BCUT2D eigenvalue weighted by Crippen LogP contribution is 2.13. The third-order valence-electron chi connectivity index (χ3n) is 1.32. The summed E-state index contributed by atoms with van der Waals surface area (Å²) in [4.78, 5) is 0. The molecule has 0 spiro atoms. The second-order valence-corrected chi connectivity index (χ2v) is 3.54. The third kappa shape index (κ3) is 1.84. The van der Waals surface area contributed by atoms with Gasteiger partial charge in [0.05, 0.1) is 0 Å². The van der Waals surface area contributed by atoms with E-state index in [4.69, 9.17) is 0 Å². The lowest BCUT2D eigenvalue weighted by Crippen LogP contribution is -1.77. The molecule has 0 atom stereocenters. The van der Waals surface area contributed by atoms with E-state index in [1.807, 2.05) is 13.0 Å². The molecule has 0 unspecified atom stereocenters. The zero-order chi connectivity index (χ0) is 7.56. The molecule has 52 valence electrons. The molecular formula is C9H9I. The first kappa shape index (κ1) is 7.79. The monoisotopic (exact) mass is 244 g/mol. The summed E-state index contributed by atoms with van der Waals surface area (Å²) < 4.78 is 1.26. The minimum atomic E-state index is 1.12. The average Bonchev–Trinajstić information content (AvgIpc) is 1.88. The molecule has 0 heterocycles. The lowest BCUT2D eigenvalue weighted by atomic mass is 10.1. The van der Waals surface area contributed by atoms with Gasteiger partial charge in [0.15, 0.2) is 0 Å².